The maximum absolute atomic E-state index is 11.8. The maximum Gasteiger partial charge on any atom is 0.317 e. The third kappa shape index (κ3) is 4.01. The Morgan fingerprint density at radius 1 is 1.53 bits per heavy atom. The number of amides is 2. The van der Waals surface area contributed by atoms with Crippen LogP contribution in [0.4, 0.5) is 4.79 Å². The minimum Gasteiger partial charge on any atom is -0.481 e. The van der Waals surface area contributed by atoms with Gasteiger partial charge in [-0.1, -0.05) is 6.92 Å². The van der Waals surface area contributed by atoms with Crippen LogP contribution in [0.3, 0.4) is 0 Å². The molecular weight excluding hydrogens is 248 g/mol. The summed E-state index contributed by atoms with van der Waals surface area (Å²) in [7, 11) is 1.65. The highest BCUT2D eigenvalue weighted by atomic mass is 16.4. The predicted molar refractivity (Wildman–Crippen MR) is 69.6 cm³/mol. The summed E-state index contributed by atoms with van der Waals surface area (Å²) < 4.78 is 4.92. The van der Waals surface area contributed by atoms with E-state index in [-0.39, 0.29) is 12.6 Å². The third-order valence-corrected chi connectivity index (χ3v) is 3.27. The Morgan fingerprint density at radius 2 is 2.21 bits per heavy atom. The molecule has 2 N–H and O–H groups in total. The van der Waals surface area contributed by atoms with Crippen molar-refractivity contribution in [1.29, 1.82) is 0 Å². The van der Waals surface area contributed by atoms with Crippen molar-refractivity contribution in [2.24, 2.45) is 5.41 Å². The molecule has 0 spiro atoms. The first-order chi connectivity index (χ1) is 8.89. The molecule has 0 fully saturated rings. The number of carboxylic acid groups (broad SMARTS) is 1. The molecule has 0 aliphatic carbocycles. The zero-order valence-electron chi connectivity index (χ0n) is 11.5. The number of carbonyl (C=O) groups is 2. The van der Waals surface area contributed by atoms with Gasteiger partial charge in [-0.25, -0.2) is 4.79 Å². The summed E-state index contributed by atoms with van der Waals surface area (Å²) in [4.78, 5) is 24.4. The number of furan rings is 1. The molecule has 1 heterocycles. The van der Waals surface area contributed by atoms with E-state index in [0.29, 0.717) is 13.0 Å². The van der Waals surface area contributed by atoms with Crippen LogP contribution in [0.1, 0.15) is 25.8 Å². The van der Waals surface area contributed by atoms with Gasteiger partial charge in [0.05, 0.1) is 24.5 Å². The Labute approximate surface area is 112 Å². The SMILES string of the molecule is CCC(C)(CNC(=O)N(C)Cc1ccoc1)C(=O)O. The molecule has 1 atom stereocenters. The van der Waals surface area contributed by atoms with Crippen molar-refractivity contribution in [1.82, 2.24) is 10.2 Å². The van der Waals surface area contributed by atoms with Crippen molar-refractivity contribution < 1.29 is 19.1 Å². The Kier molecular flexibility index (Phi) is 4.97. The maximum atomic E-state index is 11.8. The number of urea groups is 1. The van der Waals surface area contributed by atoms with Gasteiger partial charge in [0.25, 0.3) is 0 Å². The summed E-state index contributed by atoms with van der Waals surface area (Å²) in [5.74, 6) is -0.909. The van der Waals surface area contributed by atoms with Gasteiger partial charge in [-0.15, -0.1) is 0 Å². The van der Waals surface area contributed by atoms with E-state index in [1.165, 1.54) is 4.90 Å². The fourth-order valence-electron chi connectivity index (χ4n) is 1.49. The lowest BCUT2D eigenvalue weighted by molar-refractivity contribution is -0.147. The summed E-state index contributed by atoms with van der Waals surface area (Å²) >= 11 is 0. The number of aliphatic carboxylic acids is 1. The van der Waals surface area contributed by atoms with Crippen LogP contribution in [-0.2, 0) is 11.3 Å². The Hall–Kier alpha value is -1.98. The number of nitrogens with zero attached hydrogens (tertiary/aromatic N) is 1. The summed E-state index contributed by atoms with van der Waals surface area (Å²) in [6.07, 6.45) is 3.56. The van der Waals surface area contributed by atoms with Gasteiger partial charge in [-0.2, -0.15) is 0 Å². The normalized spacial score (nSPS) is 13.6. The van der Waals surface area contributed by atoms with Gasteiger partial charge in [0.2, 0.25) is 0 Å². The molecule has 0 aliphatic heterocycles. The quantitative estimate of drug-likeness (QED) is 0.825. The molecule has 0 saturated heterocycles. The van der Waals surface area contributed by atoms with Gasteiger partial charge < -0.3 is 19.7 Å². The first-order valence-corrected chi connectivity index (χ1v) is 6.12. The highest BCUT2D eigenvalue weighted by Crippen LogP contribution is 2.19. The monoisotopic (exact) mass is 268 g/mol. The van der Waals surface area contributed by atoms with E-state index in [2.05, 4.69) is 5.32 Å². The van der Waals surface area contributed by atoms with Crippen LogP contribution >= 0.6 is 0 Å². The van der Waals surface area contributed by atoms with Crippen LogP contribution in [0, 0.1) is 5.41 Å². The lowest BCUT2D eigenvalue weighted by atomic mass is 9.88. The Balaban J connectivity index is 2.48. The van der Waals surface area contributed by atoms with E-state index in [4.69, 9.17) is 9.52 Å². The summed E-state index contributed by atoms with van der Waals surface area (Å²) in [5, 5.41) is 11.8. The fourth-order valence-corrected chi connectivity index (χ4v) is 1.49. The molecule has 0 saturated carbocycles. The number of carboxylic acids is 1. The number of carbonyl (C=O) groups excluding carboxylic acids is 1. The average Bonchev–Trinajstić information content (AvgIpc) is 2.87. The van der Waals surface area contributed by atoms with E-state index in [1.54, 1.807) is 39.5 Å². The number of nitrogens with one attached hydrogen (secondary N) is 1. The minimum atomic E-state index is -0.938. The second-order valence-electron chi connectivity index (χ2n) is 4.87. The molecular formula is C13H20N2O4. The molecule has 1 aromatic heterocycles. The van der Waals surface area contributed by atoms with Crippen LogP contribution in [0.15, 0.2) is 23.0 Å². The molecule has 0 bridgehead atoms. The highest BCUT2D eigenvalue weighted by molar-refractivity contribution is 5.77. The summed E-state index contributed by atoms with van der Waals surface area (Å²) in [5.41, 5.74) is -0.0549. The van der Waals surface area contributed by atoms with Gasteiger partial charge in [0, 0.05) is 19.2 Å². The van der Waals surface area contributed by atoms with Crippen LogP contribution in [0.2, 0.25) is 0 Å². The lowest BCUT2D eigenvalue weighted by Crippen LogP contribution is -2.45. The van der Waals surface area contributed by atoms with Crippen molar-refractivity contribution in [3.05, 3.63) is 24.2 Å². The van der Waals surface area contributed by atoms with E-state index in [9.17, 15) is 9.59 Å². The van der Waals surface area contributed by atoms with Gasteiger partial charge in [-0.3, -0.25) is 4.79 Å². The van der Waals surface area contributed by atoms with Gasteiger partial charge in [0.1, 0.15) is 0 Å². The van der Waals surface area contributed by atoms with Gasteiger partial charge >= 0.3 is 12.0 Å². The zero-order valence-corrected chi connectivity index (χ0v) is 11.5. The largest absolute Gasteiger partial charge is 0.481 e. The fraction of sp³-hybridized carbons (Fsp3) is 0.538. The van der Waals surface area contributed by atoms with Crippen LogP contribution < -0.4 is 5.32 Å². The average molecular weight is 268 g/mol. The zero-order chi connectivity index (χ0) is 14.5. The van der Waals surface area contributed by atoms with E-state index in [1.807, 2.05) is 0 Å². The molecule has 1 aromatic rings. The molecule has 2 amide bonds. The molecule has 106 valence electrons. The molecule has 19 heavy (non-hydrogen) atoms. The molecule has 6 nitrogen and oxygen atoms in total. The van der Waals surface area contributed by atoms with Crippen LogP contribution in [0.25, 0.3) is 0 Å². The summed E-state index contributed by atoms with van der Waals surface area (Å²) in [6.45, 7) is 3.92. The molecule has 6 heteroatoms. The lowest BCUT2D eigenvalue weighted by Gasteiger charge is -2.25. The second-order valence-corrected chi connectivity index (χ2v) is 4.87. The van der Waals surface area contributed by atoms with E-state index >= 15 is 0 Å². The predicted octanol–water partition coefficient (Wildman–Crippen LogP) is 1.92. The molecule has 1 unspecified atom stereocenters. The number of hydrogen-bond donors (Lipinski definition) is 2. The Morgan fingerprint density at radius 3 is 2.68 bits per heavy atom. The van der Waals surface area contributed by atoms with E-state index in [0.717, 1.165) is 5.56 Å². The molecule has 1 rings (SSSR count). The van der Waals surface area contributed by atoms with Crippen LogP contribution in [-0.4, -0.2) is 35.6 Å². The van der Waals surface area contributed by atoms with Gasteiger partial charge in [-0.05, 0) is 19.4 Å². The third-order valence-electron chi connectivity index (χ3n) is 3.27. The number of rotatable bonds is 6. The second kappa shape index (κ2) is 6.26. The van der Waals surface area contributed by atoms with Gasteiger partial charge in [0.15, 0.2) is 0 Å². The topological polar surface area (TPSA) is 82.8 Å². The molecule has 0 radical (unpaired) electrons. The first-order valence-electron chi connectivity index (χ1n) is 6.12. The molecule has 0 aromatic carbocycles. The Bertz CT molecular complexity index is 430. The van der Waals surface area contributed by atoms with Crippen molar-refractivity contribution >= 4 is 12.0 Å². The first kappa shape index (κ1) is 15.1. The number of hydrogen-bond acceptors (Lipinski definition) is 3. The van der Waals surface area contributed by atoms with Crippen molar-refractivity contribution in [2.75, 3.05) is 13.6 Å². The van der Waals surface area contributed by atoms with Crippen molar-refractivity contribution in [2.45, 2.75) is 26.8 Å². The summed E-state index contributed by atoms with van der Waals surface area (Å²) in [6, 6.07) is 1.47. The van der Waals surface area contributed by atoms with Crippen molar-refractivity contribution in [3.8, 4) is 0 Å². The van der Waals surface area contributed by atoms with Crippen LogP contribution in [0.5, 0.6) is 0 Å². The minimum absolute atomic E-state index is 0.105. The van der Waals surface area contributed by atoms with E-state index < -0.39 is 11.4 Å². The highest BCUT2D eigenvalue weighted by Gasteiger charge is 2.31. The standard InChI is InChI=1S/C13H20N2O4/c1-4-13(2,11(16)17)9-14-12(18)15(3)7-10-5-6-19-8-10/h5-6,8H,4,7,9H2,1-3H3,(H,14,18)(H,16,17). The molecule has 0 aliphatic rings. The smallest absolute Gasteiger partial charge is 0.317 e. The van der Waals surface area contributed by atoms with Crippen molar-refractivity contribution in [3.63, 3.8) is 0 Å².